The molecule has 11 heavy (non-hydrogen) atoms. The van der Waals surface area contributed by atoms with E-state index in [0.29, 0.717) is 6.04 Å². The molecule has 2 nitrogen and oxygen atoms in total. The molecule has 0 fully saturated rings. The number of rotatable bonds is 1. The summed E-state index contributed by atoms with van der Waals surface area (Å²) in [6, 6.07) is 6.76. The number of halogens is 1. The van der Waals surface area contributed by atoms with E-state index in [1.165, 1.54) is 5.82 Å². The lowest BCUT2D eigenvalue weighted by Gasteiger charge is -1.94. The minimum atomic E-state index is 0.553. The zero-order valence-electron chi connectivity index (χ0n) is 6.13. The lowest BCUT2D eigenvalue weighted by molar-refractivity contribution is -0.673. The molecule has 0 radical (unpaired) electrons. The SMILES string of the molecule is BrC[C@H]1C[n+]2ccccc2N1. The Morgan fingerprint density at radius 1 is 1.64 bits per heavy atom. The first kappa shape index (κ1) is 7.10. The van der Waals surface area contributed by atoms with Crippen molar-refractivity contribution in [2.75, 3.05) is 10.6 Å². The van der Waals surface area contributed by atoms with Gasteiger partial charge in [0.25, 0.3) is 5.82 Å². The molecule has 1 aliphatic heterocycles. The van der Waals surface area contributed by atoms with Crippen LogP contribution in [0.3, 0.4) is 0 Å². The van der Waals surface area contributed by atoms with Gasteiger partial charge < -0.3 is 0 Å². The Hall–Kier alpha value is -0.570. The number of fused-ring (bicyclic) bond motifs is 1. The third-order valence-electron chi connectivity index (χ3n) is 1.90. The number of nitrogens with one attached hydrogen (secondary N) is 1. The third-order valence-corrected chi connectivity index (χ3v) is 2.68. The Morgan fingerprint density at radius 3 is 3.27 bits per heavy atom. The molecular weight excluding hydrogens is 204 g/mol. The molecule has 0 saturated heterocycles. The van der Waals surface area contributed by atoms with Crippen molar-refractivity contribution in [3.05, 3.63) is 24.4 Å². The molecule has 1 aliphatic rings. The van der Waals surface area contributed by atoms with Gasteiger partial charge in [-0.05, 0) is 6.07 Å². The van der Waals surface area contributed by atoms with Gasteiger partial charge in [-0.25, -0.2) is 4.57 Å². The average molecular weight is 214 g/mol. The van der Waals surface area contributed by atoms with Gasteiger partial charge in [-0.1, -0.05) is 22.0 Å². The Labute approximate surface area is 74.4 Å². The van der Waals surface area contributed by atoms with Crippen molar-refractivity contribution in [2.45, 2.75) is 12.6 Å². The third kappa shape index (κ3) is 1.25. The molecule has 0 aliphatic carbocycles. The fourth-order valence-electron chi connectivity index (χ4n) is 1.35. The van der Waals surface area contributed by atoms with Crippen molar-refractivity contribution in [1.82, 2.24) is 0 Å². The highest BCUT2D eigenvalue weighted by Crippen LogP contribution is 2.10. The second-order valence-electron chi connectivity index (χ2n) is 2.73. The Kier molecular flexibility index (Phi) is 1.82. The van der Waals surface area contributed by atoms with Crippen LogP contribution in [0.15, 0.2) is 24.4 Å². The molecule has 1 N–H and O–H groups in total. The number of aromatic nitrogens is 1. The zero-order valence-corrected chi connectivity index (χ0v) is 7.71. The predicted molar refractivity (Wildman–Crippen MR) is 47.8 cm³/mol. The Balaban J connectivity index is 2.27. The first-order chi connectivity index (χ1) is 5.40. The standard InChI is InChI=1S/C8H9BrN2/c9-5-7-6-11-4-2-1-3-8(11)10-7/h1-4,7H,5-6H2/p+1/t7-/m0/s1. The smallest absolute Gasteiger partial charge is 0.267 e. The summed E-state index contributed by atoms with van der Waals surface area (Å²) in [5, 5.41) is 4.41. The highest BCUT2D eigenvalue weighted by molar-refractivity contribution is 9.09. The second-order valence-corrected chi connectivity index (χ2v) is 3.38. The molecule has 0 spiro atoms. The Bertz CT molecular complexity index is 237. The minimum absolute atomic E-state index is 0.553. The van der Waals surface area contributed by atoms with E-state index in [4.69, 9.17) is 0 Å². The van der Waals surface area contributed by atoms with Gasteiger partial charge in [0, 0.05) is 11.4 Å². The summed E-state index contributed by atoms with van der Waals surface area (Å²) in [5.41, 5.74) is 0. The zero-order chi connectivity index (χ0) is 7.68. The van der Waals surface area contributed by atoms with Crippen LogP contribution >= 0.6 is 15.9 Å². The normalized spacial score (nSPS) is 21.0. The van der Waals surface area contributed by atoms with Crippen LogP contribution in [0.5, 0.6) is 0 Å². The van der Waals surface area contributed by atoms with Gasteiger partial charge in [-0.3, -0.25) is 5.32 Å². The maximum Gasteiger partial charge on any atom is 0.274 e. The molecule has 0 unspecified atom stereocenters. The molecule has 58 valence electrons. The van der Waals surface area contributed by atoms with Crippen LogP contribution in [0, 0.1) is 0 Å². The van der Waals surface area contributed by atoms with Crippen LogP contribution in [0.2, 0.25) is 0 Å². The summed E-state index contributed by atoms with van der Waals surface area (Å²) < 4.78 is 2.23. The van der Waals surface area contributed by atoms with Crippen LogP contribution < -0.4 is 9.88 Å². The summed E-state index contributed by atoms with van der Waals surface area (Å²) in [5.74, 6) is 1.22. The second kappa shape index (κ2) is 2.81. The molecule has 1 atom stereocenters. The van der Waals surface area contributed by atoms with Gasteiger partial charge in [0.15, 0.2) is 0 Å². The molecule has 2 heterocycles. The number of alkyl halides is 1. The number of hydrogen-bond donors (Lipinski definition) is 1. The largest absolute Gasteiger partial charge is 0.274 e. The summed E-state index contributed by atoms with van der Waals surface area (Å²) >= 11 is 3.46. The Morgan fingerprint density at radius 2 is 2.55 bits per heavy atom. The van der Waals surface area contributed by atoms with Crippen LogP contribution in [0.25, 0.3) is 0 Å². The van der Waals surface area contributed by atoms with Crippen molar-refractivity contribution in [1.29, 1.82) is 0 Å². The summed E-state index contributed by atoms with van der Waals surface area (Å²) in [6.07, 6.45) is 2.10. The fourth-order valence-corrected chi connectivity index (χ4v) is 1.71. The molecule has 3 heteroatoms. The van der Waals surface area contributed by atoms with Gasteiger partial charge in [0.05, 0.1) is 6.20 Å². The molecule has 1 aromatic heterocycles. The number of hydrogen-bond acceptors (Lipinski definition) is 1. The van der Waals surface area contributed by atoms with E-state index in [2.05, 4.69) is 50.2 Å². The topological polar surface area (TPSA) is 15.9 Å². The van der Waals surface area contributed by atoms with Crippen molar-refractivity contribution < 1.29 is 4.57 Å². The quantitative estimate of drug-likeness (QED) is 0.548. The highest BCUT2D eigenvalue weighted by Gasteiger charge is 2.25. The van der Waals surface area contributed by atoms with Crippen molar-refractivity contribution in [3.63, 3.8) is 0 Å². The van der Waals surface area contributed by atoms with Crippen molar-refractivity contribution in [3.8, 4) is 0 Å². The van der Waals surface area contributed by atoms with E-state index in [1.54, 1.807) is 0 Å². The van der Waals surface area contributed by atoms with Gasteiger partial charge in [-0.2, -0.15) is 0 Å². The summed E-state index contributed by atoms with van der Waals surface area (Å²) in [7, 11) is 0. The predicted octanol–water partition coefficient (Wildman–Crippen LogP) is 1.16. The molecule has 2 rings (SSSR count). The lowest BCUT2D eigenvalue weighted by atomic mass is 10.4. The van der Waals surface area contributed by atoms with Crippen LogP contribution in [0.1, 0.15) is 0 Å². The lowest BCUT2D eigenvalue weighted by Crippen LogP contribution is -2.32. The molecule has 0 bridgehead atoms. The molecule has 0 saturated carbocycles. The van der Waals surface area contributed by atoms with E-state index < -0.39 is 0 Å². The summed E-state index contributed by atoms with van der Waals surface area (Å²) in [6.45, 7) is 1.07. The monoisotopic (exact) mass is 213 g/mol. The number of pyridine rings is 1. The van der Waals surface area contributed by atoms with Gasteiger partial charge in [-0.15, -0.1) is 0 Å². The van der Waals surface area contributed by atoms with E-state index in [9.17, 15) is 0 Å². The molecule has 0 aromatic carbocycles. The van der Waals surface area contributed by atoms with Gasteiger partial charge in [0.1, 0.15) is 12.6 Å². The maximum atomic E-state index is 3.46. The van der Waals surface area contributed by atoms with Crippen LogP contribution in [0.4, 0.5) is 5.82 Å². The molecule has 0 amide bonds. The van der Waals surface area contributed by atoms with Crippen LogP contribution in [-0.4, -0.2) is 11.4 Å². The highest BCUT2D eigenvalue weighted by atomic mass is 79.9. The number of nitrogens with zero attached hydrogens (tertiary/aromatic N) is 1. The first-order valence-electron chi connectivity index (χ1n) is 3.71. The van der Waals surface area contributed by atoms with Gasteiger partial charge >= 0.3 is 0 Å². The molecular formula is C8H10BrN2+. The average Bonchev–Trinajstić information content (AvgIpc) is 2.46. The summed E-state index contributed by atoms with van der Waals surface area (Å²) in [4.78, 5) is 0. The van der Waals surface area contributed by atoms with E-state index in [1.807, 2.05) is 0 Å². The fraction of sp³-hybridized carbons (Fsp3) is 0.375. The van der Waals surface area contributed by atoms with Crippen LogP contribution in [-0.2, 0) is 6.54 Å². The van der Waals surface area contributed by atoms with E-state index in [0.717, 1.165) is 11.9 Å². The van der Waals surface area contributed by atoms with E-state index >= 15 is 0 Å². The maximum absolute atomic E-state index is 3.46. The molecule has 1 aromatic rings. The minimum Gasteiger partial charge on any atom is -0.267 e. The van der Waals surface area contributed by atoms with Gasteiger partial charge in [0.2, 0.25) is 0 Å². The first-order valence-corrected chi connectivity index (χ1v) is 4.83. The number of anilines is 1. The van der Waals surface area contributed by atoms with Crippen molar-refractivity contribution in [2.24, 2.45) is 0 Å². The van der Waals surface area contributed by atoms with Crippen molar-refractivity contribution >= 4 is 21.7 Å². The van der Waals surface area contributed by atoms with E-state index in [-0.39, 0.29) is 0 Å².